The molecule has 0 aliphatic heterocycles. The molecule has 0 saturated heterocycles. The molecule has 1 aliphatic rings. The summed E-state index contributed by atoms with van der Waals surface area (Å²) in [6.45, 7) is 0. The molecule has 1 fully saturated rings. The first-order valence-corrected chi connectivity index (χ1v) is 4.25. The number of carbonyl (C=O) groups is 1. The molecule has 1 aliphatic carbocycles. The quantitative estimate of drug-likeness (QED) is 0.504. The lowest BCUT2D eigenvalue weighted by Crippen LogP contribution is -1.96. The Morgan fingerprint density at radius 1 is 1.00 bits per heavy atom. The van der Waals surface area contributed by atoms with Crippen LogP contribution in [0, 0.1) is 6.42 Å². The molecule has 0 unspecified atom stereocenters. The van der Waals surface area contributed by atoms with E-state index in [-0.39, 0.29) is 0 Å². The molecule has 1 rings (SSSR count). The van der Waals surface area contributed by atoms with E-state index in [1.807, 2.05) is 6.42 Å². The summed E-state index contributed by atoms with van der Waals surface area (Å²) in [6, 6.07) is 0. The van der Waals surface area contributed by atoms with Crippen LogP contribution in [-0.4, -0.2) is 5.78 Å². The topological polar surface area (TPSA) is 17.1 Å². The highest BCUT2D eigenvalue weighted by atomic mass is 16.1. The highest BCUT2D eigenvalue weighted by Crippen LogP contribution is 2.13. The third-order valence-electron chi connectivity index (χ3n) is 2.00. The SMILES string of the molecule is O=C1[CH]CCCCCCC1. The number of hydrogen-bond acceptors (Lipinski definition) is 1. The smallest absolute Gasteiger partial charge is 0.136 e. The Kier molecular flexibility index (Phi) is 3.48. The minimum Gasteiger partial charge on any atom is -0.299 e. The van der Waals surface area contributed by atoms with Crippen LogP contribution >= 0.6 is 0 Å². The zero-order valence-electron chi connectivity index (χ0n) is 6.44. The van der Waals surface area contributed by atoms with Gasteiger partial charge in [-0.25, -0.2) is 0 Å². The zero-order valence-corrected chi connectivity index (χ0v) is 6.44. The summed E-state index contributed by atoms with van der Waals surface area (Å²) >= 11 is 0. The van der Waals surface area contributed by atoms with Crippen molar-refractivity contribution in [3.05, 3.63) is 6.42 Å². The molecule has 0 aromatic rings. The summed E-state index contributed by atoms with van der Waals surface area (Å²) in [6.07, 6.45) is 9.87. The number of carbonyl (C=O) groups excluding carboxylic acids is 1. The van der Waals surface area contributed by atoms with E-state index < -0.39 is 0 Å². The lowest BCUT2D eigenvalue weighted by atomic mass is 10.1. The fourth-order valence-corrected chi connectivity index (χ4v) is 1.34. The van der Waals surface area contributed by atoms with Crippen molar-refractivity contribution < 1.29 is 4.79 Å². The van der Waals surface area contributed by atoms with Crippen LogP contribution in [0.4, 0.5) is 0 Å². The van der Waals surface area contributed by atoms with Gasteiger partial charge in [-0.1, -0.05) is 25.7 Å². The van der Waals surface area contributed by atoms with Crippen LogP contribution in [-0.2, 0) is 4.79 Å². The maximum absolute atomic E-state index is 10.9. The van der Waals surface area contributed by atoms with Crippen LogP contribution in [0.3, 0.4) is 0 Å². The van der Waals surface area contributed by atoms with E-state index in [1.165, 1.54) is 25.7 Å². The van der Waals surface area contributed by atoms with Gasteiger partial charge in [0.05, 0.1) is 0 Å². The minimum atomic E-state index is 0.363. The number of Topliss-reactive ketones (excluding diaryl/α,β-unsaturated/α-hetero) is 1. The maximum Gasteiger partial charge on any atom is 0.136 e. The standard InChI is InChI=1S/C9H15O/c10-9-7-5-3-1-2-4-6-8-9/h7H,1-6,8H2. The van der Waals surface area contributed by atoms with Gasteiger partial charge in [0.25, 0.3) is 0 Å². The third kappa shape index (κ3) is 3.00. The van der Waals surface area contributed by atoms with Gasteiger partial charge in [0.1, 0.15) is 5.78 Å². The predicted octanol–water partition coefficient (Wildman–Crippen LogP) is 2.50. The van der Waals surface area contributed by atoms with Gasteiger partial charge < -0.3 is 0 Å². The Labute approximate surface area is 62.8 Å². The summed E-state index contributed by atoms with van der Waals surface area (Å²) in [5, 5.41) is 0. The van der Waals surface area contributed by atoms with Crippen LogP contribution in [0.1, 0.15) is 44.9 Å². The number of ketones is 1. The van der Waals surface area contributed by atoms with Crippen molar-refractivity contribution in [1.29, 1.82) is 0 Å². The normalized spacial score (nSPS) is 23.0. The van der Waals surface area contributed by atoms with E-state index >= 15 is 0 Å². The minimum absolute atomic E-state index is 0.363. The van der Waals surface area contributed by atoms with Gasteiger partial charge in [0.2, 0.25) is 0 Å². The Morgan fingerprint density at radius 2 is 1.70 bits per heavy atom. The fourth-order valence-electron chi connectivity index (χ4n) is 1.34. The Balaban J connectivity index is 2.21. The van der Waals surface area contributed by atoms with Gasteiger partial charge in [-0.05, 0) is 12.8 Å². The van der Waals surface area contributed by atoms with Crippen molar-refractivity contribution in [2.45, 2.75) is 44.9 Å². The first kappa shape index (κ1) is 7.77. The monoisotopic (exact) mass is 139 g/mol. The Bertz CT molecular complexity index is 95.3. The lowest BCUT2D eigenvalue weighted by molar-refractivity contribution is -0.116. The molecule has 1 nitrogen and oxygen atoms in total. The molecule has 0 bridgehead atoms. The molecule has 1 heteroatoms. The van der Waals surface area contributed by atoms with Gasteiger partial charge >= 0.3 is 0 Å². The van der Waals surface area contributed by atoms with Crippen LogP contribution in [0.5, 0.6) is 0 Å². The van der Waals surface area contributed by atoms with Crippen molar-refractivity contribution in [3.63, 3.8) is 0 Å². The first-order valence-electron chi connectivity index (χ1n) is 4.25. The van der Waals surface area contributed by atoms with Gasteiger partial charge in [-0.3, -0.25) is 4.79 Å². The zero-order chi connectivity index (χ0) is 7.23. The molecule has 0 heterocycles. The van der Waals surface area contributed by atoms with E-state index in [4.69, 9.17) is 0 Å². The Hall–Kier alpha value is -0.330. The second kappa shape index (κ2) is 4.48. The molecule has 57 valence electrons. The van der Waals surface area contributed by atoms with E-state index in [1.54, 1.807) is 0 Å². The summed E-state index contributed by atoms with van der Waals surface area (Å²) in [5.74, 6) is 0.363. The Morgan fingerprint density at radius 3 is 2.60 bits per heavy atom. The maximum atomic E-state index is 10.9. The largest absolute Gasteiger partial charge is 0.299 e. The number of rotatable bonds is 0. The molecule has 1 saturated carbocycles. The van der Waals surface area contributed by atoms with Crippen molar-refractivity contribution in [2.24, 2.45) is 0 Å². The highest BCUT2D eigenvalue weighted by molar-refractivity contribution is 5.86. The highest BCUT2D eigenvalue weighted by Gasteiger charge is 2.04. The van der Waals surface area contributed by atoms with Gasteiger partial charge in [0.15, 0.2) is 0 Å². The van der Waals surface area contributed by atoms with E-state index in [0.29, 0.717) is 5.78 Å². The van der Waals surface area contributed by atoms with Crippen molar-refractivity contribution in [3.8, 4) is 0 Å². The third-order valence-corrected chi connectivity index (χ3v) is 2.00. The average Bonchev–Trinajstić information content (AvgIpc) is 2.02. The predicted molar refractivity (Wildman–Crippen MR) is 41.6 cm³/mol. The molecular weight excluding hydrogens is 124 g/mol. The molecule has 1 radical (unpaired) electrons. The molecule has 0 amide bonds. The van der Waals surface area contributed by atoms with Gasteiger partial charge in [-0.2, -0.15) is 0 Å². The van der Waals surface area contributed by atoms with Crippen LogP contribution in [0.25, 0.3) is 0 Å². The van der Waals surface area contributed by atoms with Crippen LogP contribution < -0.4 is 0 Å². The summed E-state index contributed by atoms with van der Waals surface area (Å²) in [5.41, 5.74) is 0. The van der Waals surface area contributed by atoms with Crippen LogP contribution in [0.15, 0.2) is 0 Å². The molecule has 0 N–H and O–H groups in total. The van der Waals surface area contributed by atoms with E-state index in [0.717, 1.165) is 19.3 Å². The van der Waals surface area contributed by atoms with Gasteiger partial charge in [-0.15, -0.1) is 0 Å². The number of hydrogen-bond donors (Lipinski definition) is 0. The summed E-state index contributed by atoms with van der Waals surface area (Å²) < 4.78 is 0. The van der Waals surface area contributed by atoms with Crippen molar-refractivity contribution >= 4 is 5.78 Å². The van der Waals surface area contributed by atoms with Crippen LogP contribution in [0.2, 0.25) is 0 Å². The molecule has 0 aromatic carbocycles. The summed E-state index contributed by atoms with van der Waals surface area (Å²) in [4.78, 5) is 10.9. The fraction of sp³-hybridized carbons (Fsp3) is 0.778. The molecular formula is C9H15O. The molecule has 0 aromatic heterocycles. The lowest BCUT2D eigenvalue weighted by Gasteiger charge is -1.93. The van der Waals surface area contributed by atoms with Crippen molar-refractivity contribution in [2.75, 3.05) is 0 Å². The first-order chi connectivity index (χ1) is 4.89. The van der Waals surface area contributed by atoms with E-state index in [2.05, 4.69) is 0 Å². The molecule has 0 atom stereocenters. The summed E-state index contributed by atoms with van der Waals surface area (Å²) in [7, 11) is 0. The van der Waals surface area contributed by atoms with E-state index in [9.17, 15) is 4.79 Å². The second-order valence-corrected chi connectivity index (χ2v) is 2.98. The van der Waals surface area contributed by atoms with Crippen molar-refractivity contribution in [1.82, 2.24) is 0 Å². The van der Waals surface area contributed by atoms with Gasteiger partial charge in [0, 0.05) is 12.8 Å². The second-order valence-electron chi connectivity index (χ2n) is 2.98. The molecule has 10 heavy (non-hydrogen) atoms. The average molecular weight is 139 g/mol. The molecule has 0 spiro atoms.